The molecule has 1 unspecified atom stereocenters. The molecule has 1 atom stereocenters. The largest absolute Gasteiger partial charge is 0.481 e. The first-order chi connectivity index (χ1) is 11.0. The minimum atomic E-state index is -0.657. The molecule has 1 aliphatic heterocycles. The van der Waals surface area contributed by atoms with Crippen LogP contribution in [-0.2, 0) is 4.79 Å². The third-order valence-corrected chi connectivity index (χ3v) is 6.14. The SMILES string of the molecule is Cc1cccc(C(c2ccc(Br)s2)N2CCC(C(=O)O)CC2)c1. The Bertz CT molecular complexity index is 692. The Hall–Kier alpha value is -1.17. The number of nitrogens with zero attached hydrogens (tertiary/aromatic N) is 1. The predicted octanol–water partition coefficient (Wildman–Crippen LogP) is 4.71. The quantitative estimate of drug-likeness (QED) is 0.817. The fourth-order valence-electron chi connectivity index (χ4n) is 3.28. The van der Waals surface area contributed by atoms with Crippen molar-refractivity contribution in [2.45, 2.75) is 25.8 Å². The van der Waals surface area contributed by atoms with E-state index in [2.05, 4.69) is 64.2 Å². The number of rotatable bonds is 4. The van der Waals surface area contributed by atoms with Gasteiger partial charge in [0.05, 0.1) is 15.7 Å². The molecule has 3 rings (SSSR count). The third-order valence-electron chi connectivity index (χ3n) is 4.47. The molecule has 1 aromatic heterocycles. The summed E-state index contributed by atoms with van der Waals surface area (Å²) >= 11 is 5.32. The van der Waals surface area contributed by atoms with Crippen molar-refractivity contribution in [3.8, 4) is 0 Å². The van der Waals surface area contributed by atoms with Crippen molar-refractivity contribution in [1.29, 1.82) is 0 Å². The molecule has 23 heavy (non-hydrogen) atoms. The van der Waals surface area contributed by atoms with Gasteiger partial charge in [-0.25, -0.2) is 0 Å². The first kappa shape index (κ1) is 16.7. The Morgan fingerprint density at radius 2 is 2.04 bits per heavy atom. The van der Waals surface area contributed by atoms with Crippen LogP contribution in [0.2, 0.25) is 0 Å². The van der Waals surface area contributed by atoms with Crippen LogP contribution in [0.5, 0.6) is 0 Å². The van der Waals surface area contributed by atoms with Gasteiger partial charge in [-0.1, -0.05) is 29.8 Å². The lowest BCUT2D eigenvalue weighted by molar-refractivity contribution is -0.143. The monoisotopic (exact) mass is 393 g/mol. The number of halogens is 1. The summed E-state index contributed by atoms with van der Waals surface area (Å²) in [4.78, 5) is 14.9. The van der Waals surface area contributed by atoms with Gasteiger partial charge in [0.15, 0.2) is 0 Å². The molecular formula is C18H20BrNO2S. The molecule has 0 radical (unpaired) electrons. The number of aliphatic carboxylic acids is 1. The van der Waals surface area contributed by atoms with E-state index in [0.29, 0.717) is 0 Å². The lowest BCUT2D eigenvalue weighted by atomic mass is 9.93. The van der Waals surface area contributed by atoms with Crippen LogP contribution in [-0.4, -0.2) is 29.1 Å². The molecule has 2 heterocycles. The number of hydrogen-bond acceptors (Lipinski definition) is 3. The van der Waals surface area contributed by atoms with E-state index in [1.807, 2.05) is 0 Å². The van der Waals surface area contributed by atoms with E-state index in [-0.39, 0.29) is 12.0 Å². The molecule has 1 fully saturated rings. The van der Waals surface area contributed by atoms with Gasteiger partial charge in [-0.15, -0.1) is 11.3 Å². The van der Waals surface area contributed by atoms with E-state index in [1.165, 1.54) is 16.0 Å². The van der Waals surface area contributed by atoms with E-state index in [9.17, 15) is 9.90 Å². The number of benzene rings is 1. The molecule has 1 aliphatic rings. The van der Waals surface area contributed by atoms with Crippen molar-refractivity contribution in [2.75, 3.05) is 13.1 Å². The molecule has 0 saturated carbocycles. The number of piperidine rings is 1. The van der Waals surface area contributed by atoms with Crippen molar-refractivity contribution in [3.05, 3.63) is 56.2 Å². The first-order valence-electron chi connectivity index (χ1n) is 7.83. The van der Waals surface area contributed by atoms with Gasteiger partial charge in [-0.05, 0) is 66.5 Å². The van der Waals surface area contributed by atoms with Crippen molar-refractivity contribution < 1.29 is 9.90 Å². The summed E-state index contributed by atoms with van der Waals surface area (Å²) in [5, 5.41) is 9.21. The van der Waals surface area contributed by atoms with Gasteiger partial charge < -0.3 is 5.11 Å². The number of carbonyl (C=O) groups is 1. The Morgan fingerprint density at radius 1 is 1.30 bits per heavy atom. The van der Waals surface area contributed by atoms with E-state index >= 15 is 0 Å². The second-order valence-corrected chi connectivity index (χ2v) is 8.60. The molecule has 0 aliphatic carbocycles. The molecule has 1 N–H and O–H groups in total. The van der Waals surface area contributed by atoms with Crippen LogP contribution in [0.25, 0.3) is 0 Å². The molecule has 0 spiro atoms. The normalized spacial score (nSPS) is 18.0. The van der Waals surface area contributed by atoms with E-state index in [4.69, 9.17) is 0 Å². The van der Waals surface area contributed by atoms with Crippen LogP contribution in [0.3, 0.4) is 0 Å². The fraction of sp³-hybridized carbons (Fsp3) is 0.389. The Balaban J connectivity index is 1.89. The van der Waals surface area contributed by atoms with Gasteiger partial charge in [-0.2, -0.15) is 0 Å². The van der Waals surface area contributed by atoms with Crippen LogP contribution < -0.4 is 0 Å². The maximum atomic E-state index is 11.2. The van der Waals surface area contributed by atoms with Gasteiger partial charge in [0.2, 0.25) is 0 Å². The highest BCUT2D eigenvalue weighted by molar-refractivity contribution is 9.11. The van der Waals surface area contributed by atoms with Crippen LogP contribution in [0, 0.1) is 12.8 Å². The number of likely N-dealkylation sites (tertiary alicyclic amines) is 1. The lowest BCUT2D eigenvalue weighted by Gasteiger charge is -2.36. The first-order valence-corrected chi connectivity index (χ1v) is 9.44. The molecular weight excluding hydrogens is 374 g/mol. The minimum absolute atomic E-state index is 0.195. The molecule has 122 valence electrons. The number of hydrogen-bond donors (Lipinski definition) is 1. The summed E-state index contributed by atoms with van der Waals surface area (Å²) in [6.07, 6.45) is 1.45. The van der Waals surface area contributed by atoms with Crippen molar-refractivity contribution in [3.63, 3.8) is 0 Å². The average molecular weight is 394 g/mol. The highest BCUT2D eigenvalue weighted by Gasteiger charge is 2.30. The maximum Gasteiger partial charge on any atom is 0.306 e. The van der Waals surface area contributed by atoms with Crippen LogP contribution in [0.1, 0.15) is 34.9 Å². The number of carboxylic acids is 1. The third kappa shape index (κ3) is 3.84. The van der Waals surface area contributed by atoms with Crippen molar-refractivity contribution in [1.82, 2.24) is 4.90 Å². The molecule has 2 aromatic rings. The molecule has 1 aromatic carbocycles. The zero-order chi connectivity index (χ0) is 16.4. The maximum absolute atomic E-state index is 11.2. The topological polar surface area (TPSA) is 40.5 Å². The Kier molecular flexibility index (Phi) is 5.19. The van der Waals surface area contributed by atoms with Crippen LogP contribution in [0.4, 0.5) is 0 Å². The smallest absolute Gasteiger partial charge is 0.306 e. The van der Waals surface area contributed by atoms with Crippen molar-refractivity contribution in [2.24, 2.45) is 5.92 Å². The summed E-state index contributed by atoms with van der Waals surface area (Å²) in [7, 11) is 0. The number of carboxylic acid groups (broad SMARTS) is 1. The molecule has 0 amide bonds. The summed E-state index contributed by atoms with van der Waals surface area (Å²) < 4.78 is 1.13. The second-order valence-electron chi connectivity index (χ2n) is 6.11. The van der Waals surface area contributed by atoms with Gasteiger partial charge in [0, 0.05) is 4.88 Å². The zero-order valence-corrected chi connectivity index (χ0v) is 15.4. The summed E-state index contributed by atoms with van der Waals surface area (Å²) in [5.41, 5.74) is 2.54. The molecule has 0 bridgehead atoms. The fourth-order valence-corrected chi connectivity index (χ4v) is 4.86. The summed E-state index contributed by atoms with van der Waals surface area (Å²) in [5.74, 6) is -0.852. The zero-order valence-electron chi connectivity index (χ0n) is 13.0. The van der Waals surface area contributed by atoms with Crippen LogP contribution in [0.15, 0.2) is 40.2 Å². The molecule has 1 saturated heterocycles. The van der Waals surface area contributed by atoms with E-state index < -0.39 is 5.97 Å². The van der Waals surface area contributed by atoms with E-state index in [0.717, 1.165) is 29.7 Å². The number of aryl methyl sites for hydroxylation is 1. The summed E-state index contributed by atoms with van der Waals surface area (Å²) in [6.45, 7) is 3.76. The predicted molar refractivity (Wildman–Crippen MR) is 97.0 cm³/mol. The standard InChI is InChI=1S/C18H20BrNO2S/c1-12-3-2-4-14(11-12)17(15-5-6-16(19)23-15)20-9-7-13(8-10-20)18(21)22/h2-6,11,13,17H,7-10H2,1H3,(H,21,22). The average Bonchev–Trinajstić information content (AvgIpc) is 2.94. The minimum Gasteiger partial charge on any atom is -0.481 e. The van der Waals surface area contributed by atoms with Gasteiger partial charge in [0.25, 0.3) is 0 Å². The van der Waals surface area contributed by atoms with Gasteiger partial charge in [0.1, 0.15) is 0 Å². The Morgan fingerprint density at radius 3 is 2.61 bits per heavy atom. The summed E-state index contributed by atoms with van der Waals surface area (Å²) in [6, 6.07) is 13.1. The van der Waals surface area contributed by atoms with Crippen molar-refractivity contribution >= 4 is 33.2 Å². The highest BCUT2D eigenvalue weighted by atomic mass is 79.9. The second kappa shape index (κ2) is 7.16. The van der Waals surface area contributed by atoms with Gasteiger partial charge in [-0.3, -0.25) is 9.69 Å². The number of thiophene rings is 1. The lowest BCUT2D eigenvalue weighted by Crippen LogP contribution is -2.39. The van der Waals surface area contributed by atoms with Crippen LogP contribution >= 0.6 is 27.3 Å². The van der Waals surface area contributed by atoms with E-state index in [1.54, 1.807) is 11.3 Å². The molecule has 3 nitrogen and oxygen atoms in total. The Labute approximate surface area is 149 Å². The molecule has 5 heteroatoms. The van der Waals surface area contributed by atoms with Gasteiger partial charge >= 0.3 is 5.97 Å². The highest BCUT2D eigenvalue weighted by Crippen LogP contribution is 2.37.